The Labute approximate surface area is 179 Å². The summed E-state index contributed by atoms with van der Waals surface area (Å²) in [6, 6.07) is 9.69. The van der Waals surface area contributed by atoms with E-state index in [4.69, 9.17) is 0 Å². The number of benzene rings is 1. The predicted octanol–water partition coefficient (Wildman–Crippen LogP) is 3.75. The van der Waals surface area contributed by atoms with E-state index in [1.54, 1.807) is 24.5 Å². The molecule has 30 heavy (non-hydrogen) atoms. The molecule has 0 aliphatic carbocycles. The third-order valence-corrected chi connectivity index (χ3v) is 5.92. The Bertz CT molecular complexity index is 1150. The molecule has 3 aromatic heterocycles. The third kappa shape index (κ3) is 4.52. The molecule has 0 spiro atoms. The van der Waals surface area contributed by atoms with Gasteiger partial charge in [-0.3, -0.25) is 15.1 Å². The highest BCUT2D eigenvalue weighted by atomic mass is 32.2. The zero-order valence-electron chi connectivity index (χ0n) is 15.8. The van der Waals surface area contributed by atoms with Crippen molar-refractivity contribution in [3.8, 4) is 22.0 Å². The topological polar surface area (TPSA) is 98.5 Å². The maximum absolute atomic E-state index is 13.1. The normalized spacial score (nSPS) is 10.9. The minimum absolute atomic E-state index is 0.153. The highest BCUT2D eigenvalue weighted by Gasteiger charge is 2.15. The molecule has 3 heterocycles. The summed E-state index contributed by atoms with van der Waals surface area (Å²) in [5, 5.41) is 20.9. The number of carbonyl (C=O) groups is 1. The minimum Gasteiger partial charge on any atom is -0.302 e. The number of nitrogens with zero attached hydrogens (tertiary/aromatic N) is 6. The lowest BCUT2D eigenvalue weighted by Crippen LogP contribution is -2.14. The van der Waals surface area contributed by atoms with E-state index in [1.807, 2.05) is 23.6 Å². The highest BCUT2D eigenvalue weighted by molar-refractivity contribution is 7.99. The first-order valence-corrected chi connectivity index (χ1v) is 10.8. The largest absolute Gasteiger partial charge is 0.302 e. The van der Waals surface area contributed by atoms with Crippen LogP contribution < -0.4 is 5.32 Å². The van der Waals surface area contributed by atoms with Gasteiger partial charge >= 0.3 is 0 Å². The van der Waals surface area contributed by atoms with Gasteiger partial charge in [0.2, 0.25) is 11.0 Å². The van der Waals surface area contributed by atoms with Gasteiger partial charge in [0.25, 0.3) is 0 Å². The number of aromatic nitrogens is 6. The van der Waals surface area contributed by atoms with Crippen molar-refractivity contribution in [1.82, 2.24) is 29.9 Å². The van der Waals surface area contributed by atoms with Crippen molar-refractivity contribution < 1.29 is 9.18 Å². The fourth-order valence-corrected chi connectivity index (χ4v) is 4.23. The summed E-state index contributed by atoms with van der Waals surface area (Å²) in [5.74, 6) is 0.342. The zero-order valence-corrected chi connectivity index (χ0v) is 17.5. The van der Waals surface area contributed by atoms with Crippen LogP contribution in [0.2, 0.25) is 0 Å². The van der Waals surface area contributed by atoms with Gasteiger partial charge in [-0.25, -0.2) is 4.39 Å². The van der Waals surface area contributed by atoms with Crippen LogP contribution in [0.3, 0.4) is 0 Å². The molecule has 0 aliphatic rings. The van der Waals surface area contributed by atoms with E-state index >= 15 is 0 Å². The lowest BCUT2D eigenvalue weighted by atomic mass is 10.2. The fraction of sp³-hybridized carbons (Fsp3) is 0.158. The van der Waals surface area contributed by atoms with E-state index in [1.165, 1.54) is 35.2 Å². The van der Waals surface area contributed by atoms with Crippen LogP contribution in [0.25, 0.3) is 22.0 Å². The van der Waals surface area contributed by atoms with E-state index in [0.717, 1.165) is 17.0 Å². The molecule has 11 heteroatoms. The lowest BCUT2D eigenvalue weighted by molar-refractivity contribution is -0.113. The monoisotopic (exact) mass is 441 g/mol. The van der Waals surface area contributed by atoms with Crippen LogP contribution in [0.5, 0.6) is 0 Å². The Hall–Kier alpha value is -3.18. The summed E-state index contributed by atoms with van der Waals surface area (Å²) < 4.78 is 15.0. The van der Waals surface area contributed by atoms with Crippen LogP contribution in [-0.4, -0.2) is 41.6 Å². The summed E-state index contributed by atoms with van der Waals surface area (Å²) in [7, 11) is 0. The van der Waals surface area contributed by atoms with E-state index in [9.17, 15) is 9.18 Å². The van der Waals surface area contributed by atoms with Crippen molar-refractivity contribution in [3.05, 3.63) is 54.6 Å². The second-order valence-corrected chi connectivity index (χ2v) is 7.96. The number of hydrogen-bond donors (Lipinski definition) is 1. The van der Waals surface area contributed by atoms with Crippen LogP contribution in [0, 0.1) is 5.82 Å². The zero-order chi connectivity index (χ0) is 20.9. The van der Waals surface area contributed by atoms with Gasteiger partial charge in [-0.1, -0.05) is 23.1 Å². The first kappa shape index (κ1) is 20.1. The summed E-state index contributed by atoms with van der Waals surface area (Å²) in [6.07, 6.45) is 3.40. The Balaban J connectivity index is 1.39. The molecule has 4 aromatic rings. The number of pyridine rings is 1. The Kier molecular flexibility index (Phi) is 6.10. The Morgan fingerprint density at radius 2 is 1.83 bits per heavy atom. The SMILES string of the molecule is CCn1c(SCC(=O)Nc2nnc(-c3ccc(F)cc3)s2)nnc1-c1ccncc1. The molecular formula is C19H16FN7OS2. The average Bonchev–Trinajstić information content (AvgIpc) is 3.40. The van der Waals surface area contributed by atoms with Crippen molar-refractivity contribution in [2.45, 2.75) is 18.6 Å². The molecule has 8 nitrogen and oxygen atoms in total. The molecule has 0 fully saturated rings. The number of carbonyl (C=O) groups excluding carboxylic acids is 1. The van der Waals surface area contributed by atoms with Crippen molar-refractivity contribution in [3.63, 3.8) is 0 Å². The fourth-order valence-electron chi connectivity index (χ4n) is 2.66. The van der Waals surface area contributed by atoms with Crippen molar-refractivity contribution in [2.75, 3.05) is 11.1 Å². The highest BCUT2D eigenvalue weighted by Crippen LogP contribution is 2.27. The van der Waals surface area contributed by atoms with Gasteiger partial charge in [0.1, 0.15) is 10.8 Å². The van der Waals surface area contributed by atoms with Gasteiger partial charge in [0, 0.05) is 30.1 Å². The van der Waals surface area contributed by atoms with Crippen LogP contribution in [0.1, 0.15) is 6.92 Å². The predicted molar refractivity (Wildman–Crippen MR) is 114 cm³/mol. The molecular weight excluding hydrogens is 425 g/mol. The second kappa shape index (κ2) is 9.09. The van der Waals surface area contributed by atoms with Gasteiger partial charge in [-0.2, -0.15) is 0 Å². The summed E-state index contributed by atoms with van der Waals surface area (Å²) in [4.78, 5) is 16.4. The molecule has 0 bridgehead atoms. The quantitative estimate of drug-likeness (QED) is 0.436. The Morgan fingerprint density at radius 1 is 1.07 bits per heavy atom. The molecule has 0 aliphatic heterocycles. The van der Waals surface area contributed by atoms with Gasteiger partial charge < -0.3 is 4.57 Å². The molecule has 0 atom stereocenters. The van der Waals surface area contributed by atoms with Gasteiger partial charge in [-0.15, -0.1) is 20.4 Å². The van der Waals surface area contributed by atoms with E-state index in [-0.39, 0.29) is 17.5 Å². The first-order chi connectivity index (χ1) is 14.6. The van der Waals surface area contributed by atoms with Crippen LogP contribution in [-0.2, 0) is 11.3 Å². The smallest absolute Gasteiger partial charge is 0.236 e. The molecule has 0 saturated heterocycles. The van der Waals surface area contributed by atoms with Gasteiger partial charge in [-0.05, 0) is 43.3 Å². The minimum atomic E-state index is -0.319. The summed E-state index contributed by atoms with van der Waals surface area (Å²) in [6.45, 7) is 2.67. The molecule has 0 radical (unpaired) electrons. The van der Waals surface area contributed by atoms with Crippen LogP contribution >= 0.6 is 23.1 Å². The average molecular weight is 442 g/mol. The second-order valence-electron chi connectivity index (χ2n) is 6.04. The molecule has 0 unspecified atom stereocenters. The molecule has 1 aromatic carbocycles. The summed E-state index contributed by atoms with van der Waals surface area (Å²) in [5.41, 5.74) is 1.65. The molecule has 4 rings (SSSR count). The maximum Gasteiger partial charge on any atom is 0.236 e. The molecule has 1 amide bonds. The van der Waals surface area contributed by atoms with Gasteiger partial charge in [0.05, 0.1) is 5.75 Å². The lowest BCUT2D eigenvalue weighted by Gasteiger charge is -2.07. The molecule has 0 saturated carbocycles. The van der Waals surface area contributed by atoms with E-state index in [0.29, 0.717) is 21.8 Å². The summed E-state index contributed by atoms with van der Waals surface area (Å²) >= 11 is 2.52. The number of thioether (sulfide) groups is 1. The van der Waals surface area contributed by atoms with Crippen molar-refractivity contribution >= 4 is 34.1 Å². The number of rotatable bonds is 7. The molecule has 152 valence electrons. The number of anilines is 1. The van der Waals surface area contributed by atoms with Crippen molar-refractivity contribution in [1.29, 1.82) is 0 Å². The number of halogens is 1. The maximum atomic E-state index is 13.1. The van der Waals surface area contributed by atoms with Crippen LogP contribution in [0.15, 0.2) is 53.9 Å². The number of amides is 1. The third-order valence-electron chi connectivity index (χ3n) is 4.07. The number of hydrogen-bond acceptors (Lipinski definition) is 8. The standard InChI is InChI=1S/C19H16FN7OS2/c1-2-27-16(12-7-9-21-10-8-12)23-26-19(27)29-11-15(28)22-18-25-24-17(30-18)13-3-5-14(20)6-4-13/h3-10H,2,11H2,1H3,(H,22,25,28). The van der Waals surface area contributed by atoms with Crippen molar-refractivity contribution in [2.24, 2.45) is 0 Å². The van der Waals surface area contributed by atoms with Crippen LogP contribution in [0.4, 0.5) is 9.52 Å². The van der Waals surface area contributed by atoms with E-state index < -0.39 is 0 Å². The first-order valence-electron chi connectivity index (χ1n) is 8.99. The molecule has 1 N–H and O–H groups in total. The van der Waals surface area contributed by atoms with Gasteiger partial charge in [0.15, 0.2) is 11.0 Å². The van der Waals surface area contributed by atoms with E-state index in [2.05, 4.69) is 30.7 Å². The Morgan fingerprint density at radius 3 is 2.57 bits per heavy atom. The number of nitrogens with one attached hydrogen (secondary N) is 1.